The van der Waals surface area contributed by atoms with E-state index in [-0.39, 0.29) is 0 Å². The van der Waals surface area contributed by atoms with Crippen molar-refractivity contribution >= 4 is 11.9 Å². The molecule has 3 heterocycles. The molecular weight excluding hydrogens is 216 g/mol. The highest BCUT2D eigenvalue weighted by atomic mass is 16.1. The number of rotatable bonds is 2. The summed E-state index contributed by atoms with van der Waals surface area (Å²) in [7, 11) is 0. The van der Waals surface area contributed by atoms with Crippen molar-refractivity contribution in [1.29, 1.82) is 0 Å². The van der Waals surface area contributed by atoms with E-state index in [1.807, 2.05) is 18.2 Å². The average Bonchev–Trinajstić information content (AvgIpc) is 2.82. The number of nitrogens with zero attached hydrogens (tertiary/aromatic N) is 4. The lowest BCUT2D eigenvalue weighted by molar-refractivity contribution is 0.112. The zero-order valence-corrected chi connectivity index (χ0v) is 8.82. The molecule has 17 heavy (non-hydrogen) atoms. The normalized spacial score (nSPS) is 10.6. The Hall–Kier alpha value is -2.56. The summed E-state index contributed by atoms with van der Waals surface area (Å²) in [6, 6.07) is 5.63. The number of hydrogen-bond acceptors (Lipinski definition) is 4. The van der Waals surface area contributed by atoms with Crippen LogP contribution in [-0.2, 0) is 0 Å². The number of carbonyl (C=O) groups is 1. The average molecular weight is 224 g/mol. The van der Waals surface area contributed by atoms with Crippen molar-refractivity contribution in [1.82, 2.24) is 19.6 Å². The Kier molecular flexibility index (Phi) is 2.15. The molecule has 0 aliphatic heterocycles. The molecule has 5 heteroatoms. The maximum absolute atomic E-state index is 10.8. The number of pyridine rings is 1. The summed E-state index contributed by atoms with van der Waals surface area (Å²) < 4.78 is 1.64. The highest BCUT2D eigenvalue weighted by Gasteiger charge is 2.08. The van der Waals surface area contributed by atoms with Crippen LogP contribution < -0.4 is 0 Å². The summed E-state index contributed by atoms with van der Waals surface area (Å²) >= 11 is 0. The molecule has 3 aromatic rings. The van der Waals surface area contributed by atoms with Crippen LogP contribution in [0.5, 0.6) is 0 Å². The van der Waals surface area contributed by atoms with Crippen molar-refractivity contribution in [3.05, 3.63) is 48.5 Å². The zero-order chi connectivity index (χ0) is 11.7. The van der Waals surface area contributed by atoms with Crippen molar-refractivity contribution in [2.45, 2.75) is 0 Å². The van der Waals surface area contributed by atoms with E-state index in [9.17, 15) is 4.79 Å². The van der Waals surface area contributed by atoms with Gasteiger partial charge in [0.15, 0.2) is 11.9 Å². The van der Waals surface area contributed by atoms with Crippen molar-refractivity contribution in [2.24, 2.45) is 0 Å². The minimum atomic E-state index is 0.482. The van der Waals surface area contributed by atoms with E-state index in [1.165, 1.54) is 6.20 Å². The lowest BCUT2D eigenvalue weighted by atomic mass is 10.2. The molecule has 0 aromatic carbocycles. The predicted molar refractivity (Wildman–Crippen MR) is 61.6 cm³/mol. The predicted octanol–water partition coefficient (Wildman–Crippen LogP) is 1.60. The highest BCUT2D eigenvalue weighted by Crippen LogP contribution is 2.18. The Morgan fingerprint density at radius 3 is 2.88 bits per heavy atom. The molecule has 3 aromatic heterocycles. The second kappa shape index (κ2) is 3.79. The fraction of sp³-hybridized carbons (Fsp3) is 0. The molecule has 0 bridgehead atoms. The van der Waals surface area contributed by atoms with Gasteiger partial charge in [-0.2, -0.15) is 5.10 Å². The van der Waals surface area contributed by atoms with Crippen LogP contribution in [0, 0.1) is 0 Å². The fourth-order valence-corrected chi connectivity index (χ4v) is 1.73. The number of carbonyl (C=O) groups excluding carboxylic acids is 1. The Balaban J connectivity index is 2.31. The van der Waals surface area contributed by atoms with Crippen LogP contribution >= 0.6 is 0 Å². The number of aldehydes is 1. The van der Waals surface area contributed by atoms with E-state index in [0.717, 1.165) is 17.5 Å². The fourth-order valence-electron chi connectivity index (χ4n) is 1.73. The summed E-state index contributed by atoms with van der Waals surface area (Å²) in [6.07, 6.45) is 7.38. The van der Waals surface area contributed by atoms with Gasteiger partial charge in [-0.15, -0.1) is 0 Å². The number of hydrogen-bond donors (Lipinski definition) is 0. The summed E-state index contributed by atoms with van der Waals surface area (Å²) in [6.45, 7) is 0. The van der Waals surface area contributed by atoms with Crippen LogP contribution in [-0.4, -0.2) is 25.9 Å². The third kappa shape index (κ3) is 1.48. The summed E-state index contributed by atoms with van der Waals surface area (Å²) in [5.41, 5.74) is 2.83. The molecule has 0 spiro atoms. The second-order valence-electron chi connectivity index (χ2n) is 3.52. The maximum Gasteiger partial charge on any atom is 0.166 e. The first-order valence-electron chi connectivity index (χ1n) is 5.08. The van der Waals surface area contributed by atoms with Gasteiger partial charge in [-0.05, 0) is 18.2 Å². The molecule has 0 atom stereocenters. The molecule has 0 unspecified atom stereocenters. The van der Waals surface area contributed by atoms with E-state index < -0.39 is 0 Å². The third-order valence-corrected chi connectivity index (χ3v) is 2.51. The first-order chi connectivity index (χ1) is 8.40. The topological polar surface area (TPSA) is 60.2 Å². The smallest absolute Gasteiger partial charge is 0.166 e. The second-order valence-corrected chi connectivity index (χ2v) is 3.52. The lowest BCUT2D eigenvalue weighted by Gasteiger charge is -2.03. The Labute approximate surface area is 96.8 Å². The van der Waals surface area contributed by atoms with Crippen molar-refractivity contribution in [2.75, 3.05) is 0 Å². The number of aromatic nitrogens is 4. The van der Waals surface area contributed by atoms with Crippen LogP contribution in [0.2, 0.25) is 0 Å². The highest BCUT2D eigenvalue weighted by molar-refractivity contribution is 5.84. The van der Waals surface area contributed by atoms with E-state index in [0.29, 0.717) is 11.2 Å². The lowest BCUT2D eigenvalue weighted by Crippen LogP contribution is -1.96. The minimum Gasteiger partial charge on any atom is -0.298 e. The van der Waals surface area contributed by atoms with E-state index in [1.54, 1.807) is 23.1 Å². The van der Waals surface area contributed by atoms with Gasteiger partial charge in [0.2, 0.25) is 0 Å². The molecule has 5 nitrogen and oxygen atoms in total. The van der Waals surface area contributed by atoms with E-state index >= 15 is 0 Å². The van der Waals surface area contributed by atoms with E-state index in [4.69, 9.17) is 0 Å². The van der Waals surface area contributed by atoms with Gasteiger partial charge in [-0.1, -0.05) is 0 Å². The maximum atomic E-state index is 10.8. The van der Waals surface area contributed by atoms with Gasteiger partial charge in [0, 0.05) is 24.2 Å². The van der Waals surface area contributed by atoms with E-state index in [2.05, 4.69) is 15.1 Å². The minimum absolute atomic E-state index is 0.482. The molecule has 3 rings (SSSR count). The molecule has 0 aliphatic carbocycles. The van der Waals surface area contributed by atoms with Crippen molar-refractivity contribution in [3.63, 3.8) is 0 Å². The molecule has 0 radical (unpaired) electrons. The van der Waals surface area contributed by atoms with Gasteiger partial charge >= 0.3 is 0 Å². The summed E-state index contributed by atoms with van der Waals surface area (Å²) in [4.78, 5) is 19.0. The van der Waals surface area contributed by atoms with Gasteiger partial charge in [-0.3, -0.25) is 9.78 Å². The van der Waals surface area contributed by atoms with Gasteiger partial charge in [0.05, 0.1) is 17.5 Å². The molecule has 0 aliphatic rings. The molecule has 0 saturated heterocycles. The van der Waals surface area contributed by atoms with Gasteiger partial charge in [0.1, 0.15) is 0 Å². The van der Waals surface area contributed by atoms with Crippen LogP contribution in [0.4, 0.5) is 0 Å². The van der Waals surface area contributed by atoms with Crippen molar-refractivity contribution < 1.29 is 4.79 Å². The molecule has 0 amide bonds. The van der Waals surface area contributed by atoms with Gasteiger partial charge in [0.25, 0.3) is 0 Å². The molecule has 0 fully saturated rings. The van der Waals surface area contributed by atoms with Crippen LogP contribution in [0.15, 0.2) is 43.0 Å². The molecule has 82 valence electrons. The zero-order valence-electron chi connectivity index (χ0n) is 8.82. The number of fused-ring (bicyclic) bond motifs is 1. The molecule has 0 N–H and O–H groups in total. The first kappa shape index (κ1) is 9.65. The SMILES string of the molecule is O=Cc1cnn2c(-c3cccnc3)ccnc12. The van der Waals surface area contributed by atoms with Crippen LogP contribution in [0.1, 0.15) is 10.4 Å². The third-order valence-electron chi connectivity index (χ3n) is 2.51. The van der Waals surface area contributed by atoms with Crippen LogP contribution in [0.25, 0.3) is 16.9 Å². The van der Waals surface area contributed by atoms with Crippen molar-refractivity contribution in [3.8, 4) is 11.3 Å². The first-order valence-corrected chi connectivity index (χ1v) is 5.08. The Bertz CT molecular complexity index is 675. The van der Waals surface area contributed by atoms with Gasteiger partial charge in [-0.25, -0.2) is 9.50 Å². The van der Waals surface area contributed by atoms with Crippen LogP contribution in [0.3, 0.4) is 0 Å². The quantitative estimate of drug-likeness (QED) is 0.620. The van der Waals surface area contributed by atoms with Gasteiger partial charge < -0.3 is 0 Å². The summed E-state index contributed by atoms with van der Waals surface area (Å²) in [5, 5.41) is 4.16. The monoisotopic (exact) mass is 224 g/mol. The summed E-state index contributed by atoms with van der Waals surface area (Å²) in [5.74, 6) is 0. The Morgan fingerprint density at radius 2 is 2.12 bits per heavy atom. The molecule has 0 saturated carbocycles. The largest absolute Gasteiger partial charge is 0.298 e. The standard InChI is InChI=1S/C12H8N4O/c17-8-10-7-15-16-11(3-5-14-12(10)16)9-2-1-4-13-6-9/h1-8H. The Morgan fingerprint density at radius 1 is 1.18 bits per heavy atom. The molecular formula is C12H8N4O.